The molecule has 1 saturated heterocycles. The number of ether oxygens (including phenoxy) is 1. The lowest BCUT2D eigenvalue weighted by Gasteiger charge is -2.34. The lowest BCUT2D eigenvalue weighted by molar-refractivity contribution is 0.188. The molecule has 41 heavy (non-hydrogen) atoms. The van der Waals surface area contributed by atoms with Gasteiger partial charge in [-0.25, -0.2) is 17.6 Å². The molecule has 0 unspecified atom stereocenters. The highest BCUT2D eigenvalue weighted by atomic mass is 32.2. The second-order valence-corrected chi connectivity index (χ2v) is 12.8. The molecular formula is C31H37FN4O4S. The first-order chi connectivity index (χ1) is 19.7. The van der Waals surface area contributed by atoms with Crippen molar-refractivity contribution in [2.24, 2.45) is 5.92 Å². The molecule has 10 heteroatoms. The summed E-state index contributed by atoms with van der Waals surface area (Å²) in [5.41, 5.74) is 2.39. The van der Waals surface area contributed by atoms with Gasteiger partial charge in [0, 0.05) is 43.6 Å². The van der Waals surface area contributed by atoms with Gasteiger partial charge < -0.3 is 10.1 Å². The standard InChI is InChI=1S/C31H37FN4O4S/c1-41(38,39)34-27-8-14-30(15-9-27)40-29-12-4-24(5-13-29)22-35-19-17-26(18-20-35)33-31(37)36(21-16-23-2-3-23)28-10-6-25(32)7-11-28/h4-15,23,26,34H,2-3,16-22H2,1H3,(H,33,37). The van der Waals surface area contributed by atoms with E-state index in [0.29, 0.717) is 29.6 Å². The van der Waals surface area contributed by atoms with Crippen LogP contribution in [0.2, 0.25) is 0 Å². The molecular weight excluding hydrogens is 543 g/mol. The number of hydrogen-bond acceptors (Lipinski definition) is 5. The summed E-state index contributed by atoms with van der Waals surface area (Å²) < 4.78 is 44.5. The number of benzene rings is 3. The average Bonchev–Trinajstić information content (AvgIpc) is 3.77. The highest BCUT2D eigenvalue weighted by Crippen LogP contribution is 2.33. The third kappa shape index (κ3) is 8.93. The van der Waals surface area contributed by atoms with Gasteiger partial charge in [0.1, 0.15) is 17.3 Å². The average molecular weight is 581 g/mol. The number of hydrogen-bond donors (Lipinski definition) is 2. The van der Waals surface area contributed by atoms with Crippen LogP contribution in [-0.4, -0.2) is 51.3 Å². The minimum atomic E-state index is -3.32. The largest absolute Gasteiger partial charge is 0.457 e. The number of urea groups is 1. The van der Waals surface area contributed by atoms with Crippen molar-refractivity contribution in [3.05, 3.63) is 84.2 Å². The molecule has 2 fully saturated rings. The van der Waals surface area contributed by atoms with Gasteiger partial charge in [-0.15, -0.1) is 0 Å². The normalized spacial score (nSPS) is 16.2. The van der Waals surface area contributed by atoms with E-state index in [1.165, 1.54) is 30.5 Å². The first-order valence-corrected chi connectivity index (χ1v) is 16.0. The van der Waals surface area contributed by atoms with Crippen molar-refractivity contribution < 1.29 is 22.3 Å². The molecule has 1 saturated carbocycles. The monoisotopic (exact) mass is 580 g/mol. The summed E-state index contributed by atoms with van der Waals surface area (Å²) in [6.07, 6.45) is 6.29. The fourth-order valence-electron chi connectivity index (χ4n) is 5.04. The van der Waals surface area contributed by atoms with Gasteiger partial charge in [-0.05, 0) is 91.4 Å². The number of likely N-dealkylation sites (tertiary alicyclic amines) is 1. The first kappa shape index (κ1) is 28.9. The third-order valence-corrected chi connectivity index (χ3v) is 8.09. The zero-order chi connectivity index (χ0) is 28.8. The second kappa shape index (κ2) is 12.9. The summed E-state index contributed by atoms with van der Waals surface area (Å²) >= 11 is 0. The zero-order valence-electron chi connectivity index (χ0n) is 23.3. The van der Waals surface area contributed by atoms with Crippen LogP contribution in [-0.2, 0) is 16.6 Å². The van der Waals surface area contributed by atoms with Crippen LogP contribution in [0.5, 0.6) is 11.5 Å². The van der Waals surface area contributed by atoms with E-state index < -0.39 is 10.0 Å². The van der Waals surface area contributed by atoms with E-state index in [2.05, 4.69) is 14.9 Å². The molecule has 218 valence electrons. The van der Waals surface area contributed by atoms with Crippen LogP contribution in [0.25, 0.3) is 0 Å². The van der Waals surface area contributed by atoms with Gasteiger partial charge in [0.15, 0.2) is 0 Å². The Balaban J connectivity index is 1.08. The van der Waals surface area contributed by atoms with Crippen LogP contribution in [0.3, 0.4) is 0 Å². The summed E-state index contributed by atoms with van der Waals surface area (Å²) in [5, 5.41) is 3.22. The first-order valence-electron chi connectivity index (χ1n) is 14.1. The van der Waals surface area contributed by atoms with E-state index in [1.807, 2.05) is 24.3 Å². The van der Waals surface area contributed by atoms with E-state index in [0.717, 1.165) is 50.8 Å². The van der Waals surface area contributed by atoms with E-state index in [9.17, 15) is 17.6 Å². The second-order valence-electron chi connectivity index (χ2n) is 11.0. The van der Waals surface area contributed by atoms with Crippen LogP contribution in [0, 0.1) is 11.7 Å². The number of amides is 2. The summed E-state index contributed by atoms with van der Waals surface area (Å²) in [5.74, 6) is 1.71. The van der Waals surface area contributed by atoms with Gasteiger partial charge in [0.2, 0.25) is 10.0 Å². The van der Waals surface area contributed by atoms with Gasteiger partial charge in [-0.3, -0.25) is 14.5 Å². The lowest BCUT2D eigenvalue weighted by Crippen LogP contribution is -2.49. The van der Waals surface area contributed by atoms with Crippen LogP contribution in [0.15, 0.2) is 72.8 Å². The van der Waals surface area contributed by atoms with Crippen molar-refractivity contribution in [1.29, 1.82) is 0 Å². The predicted molar refractivity (Wildman–Crippen MR) is 159 cm³/mol. The summed E-state index contributed by atoms with van der Waals surface area (Å²) in [4.78, 5) is 17.3. The SMILES string of the molecule is CS(=O)(=O)Nc1ccc(Oc2ccc(CN3CCC(NC(=O)N(CCC4CC4)c4ccc(F)cc4)CC3)cc2)cc1. The molecule has 0 atom stereocenters. The van der Waals surface area contributed by atoms with E-state index in [4.69, 9.17) is 4.74 Å². The van der Waals surface area contributed by atoms with Gasteiger partial charge in [0.25, 0.3) is 0 Å². The quantitative estimate of drug-likeness (QED) is 0.292. The fraction of sp³-hybridized carbons (Fsp3) is 0.387. The number of sulfonamides is 1. The Morgan fingerprint density at radius 3 is 2.12 bits per heavy atom. The smallest absolute Gasteiger partial charge is 0.322 e. The molecule has 1 aliphatic heterocycles. The maximum atomic E-state index is 13.5. The van der Waals surface area contributed by atoms with E-state index >= 15 is 0 Å². The highest BCUT2D eigenvalue weighted by molar-refractivity contribution is 7.92. The Morgan fingerprint density at radius 2 is 1.54 bits per heavy atom. The number of nitrogens with zero attached hydrogens (tertiary/aromatic N) is 2. The Bertz CT molecular complexity index is 1400. The topological polar surface area (TPSA) is 91.0 Å². The van der Waals surface area contributed by atoms with Crippen molar-refractivity contribution in [2.75, 3.05) is 35.5 Å². The summed E-state index contributed by atoms with van der Waals surface area (Å²) in [6.45, 7) is 3.23. The Kier molecular flexibility index (Phi) is 9.09. The van der Waals surface area contributed by atoms with Crippen LogP contribution in [0.4, 0.5) is 20.6 Å². The molecule has 2 amide bonds. The van der Waals surface area contributed by atoms with Crippen molar-refractivity contribution in [2.45, 2.75) is 44.7 Å². The molecule has 0 bridgehead atoms. The Hall–Kier alpha value is -3.63. The molecule has 3 aromatic carbocycles. The predicted octanol–water partition coefficient (Wildman–Crippen LogP) is 5.97. The lowest BCUT2D eigenvalue weighted by atomic mass is 10.0. The number of nitrogens with one attached hydrogen (secondary N) is 2. The van der Waals surface area contributed by atoms with Gasteiger partial charge >= 0.3 is 6.03 Å². The number of carbonyl (C=O) groups is 1. The van der Waals surface area contributed by atoms with Crippen LogP contribution >= 0.6 is 0 Å². The van der Waals surface area contributed by atoms with Crippen molar-refractivity contribution in [3.63, 3.8) is 0 Å². The maximum Gasteiger partial charge on any atom is 0.322 e. The molecule has 5 rings (SSSR count). The number of carbonyl (C=O) groups excluding carboxylic acids is 1. The van der Waals surface area contributed by atoms with E-state index in [1.54, 1.807) is 41.3 Å². The number of rotatable bonds is 11. The van der Waals surface area contributed by atoms with Crippen molar-refractivity contribution >= 4 is 27.4 Å². The maximum absolute atomic E-state index is 13.5. The molecule has 0 radical (unpaired) electrons. The molecule has 3 aromatic rings. The van der Waals surface area contributed by atoms with Gasteiger partial charge in [0.05, 0.1) is 6.26 Å². The number of halogens is 1. The highest BCUT2D eigenvalue weighted by Gasteiger charge is 2.27. The minimum absolute atomic E-state index is 0.104. The zero-order valence-corrected chi connectivity index (χ0v) is 24.1. The summed E-state index contributed by atoms with van der Waals surface area (Å²) in [6, 6.07) is 20.9. The minimum Gasteiger partial charge on any atom is -0.457 e. The molecule has 0 spiro atoms. The van der Waals surface area contributed by atoms with Crippen LogP contribution < -0.4 is 19.7 Å². The molecule has 8 nitrogen and oxygen atoms in total. The summed E-state index contributed by atoms with van der Waals surface area (Å²) in [7, 11) is -3.32. The van der Waals surface area contributed by atoms with Crippen molar-refractivity contribution in [1.82, 2.24) is 10.2 Å². The fourth-order valence-corrected chi connectivity index (χ4v) is 5.60. The molecule has 1 heterocycles. The third-order valence-electron chi connectivity index (χ3n) is 7.48. The number of anilines is 2. The van der Waals surface area contributed by atoms with Gasteiger partial charge in [-0.2, -0.15) is 0 Å². The Morgan fingerprint density at radius 1 is 0.927 bits per heavy atom. The van der Waals surface area contributed by atoms with Gasteiger partial charge in [-0.1, -0.05) is 25.0 Å². The molecule has 1 aliphatic carbocycles. The van der Waals surface area contributed by atoms with Crippen LogP contribution in [0.1, 0.15) is 37.7 Å². The number of piperidine rings is 1. The molecule has 2 aliphatic rings. The Labute approximate surface area is 241 Å². The van der Waals surface area contributed by atoms with Crippen molar-refractivity contribution in [3.8, 4) is 11.5 Å². The molecule has 0 aromatic heterocycles. The molecule has 2 N–H and O–H groups in total. The van der Waals surface area contributed by atoms with E-state index in [-0.39, 0.29) is 17.9 Å².